The zero-order valence-electron chi connectivity index (χ0n) is 11.3. The number of para-hydroxylation sites is 1. The maximum atomic E-state index is 11.7. The molecule has 1 aliphatic rings. The summed E-state index contributed by atoms with van der Waals surface area (Å²) in [5.41, 5.74) is 9.55. The van der Waals surface area contributed by atoms with Crippen LogP contribution in [0.25, 0.3) is 0 Å². The van der Waals surface area contributed by atoms with Gasteiger partial charge in [-0.05, 0) is 24.1 Å². The van der Waals surface area contributed by atoms with Crippen molar-refractivity contribution in [2.45, 2.75) is 13.0 Å². The molecule has 0 fully saturated rings. The van der Waals surface area contributed by atoms with Gasteiger partial charge in [-0.2, -0.15) is 0 Å². The number of hydrogen-bond donors (Lipinski definition) is 1. The Labute approximate surface area is 116 Å². The molecule has 1 aliphatic heterocycles. The van der Waals surface area contributed by atoms with Crippen molar-refractivity contribution in [2.24, 2.45) is 0 Å². The quantitative estimate of drug-likeness (QED) is 0.685. The number of anilines is 2. The van der Waals surface area contributed by atoms with E-state index in [0.717, 1.165) is 24.3 Å². The first-order valence-electron chi connectivity index (χ1n) is 6.47. The maximum Gasteiger partial charge on any atom is 0.341 e. The fraction of sp³-hybridized carbons (Fsp3) is 0.267. The first-order valence-corrected chi connectivity index (χ1v) is 6.47. The van der Waals surface area contributed by atoms with Crippen LogP contribution in [0, 0.1) is 0 Å². The Hall–Kier alpha value is -2.43. The number of carbonyl (C=O) groups excluding carboxylic acids is 1. The lowest BCUT2D eigenvalue weighted by molar-refractivity contribution is 0.0598. The van der Waals surface area contributed by atoms with Crippen molar-refractivity contribution in [1.29, 1.82) is 0 Å². The van der Waals surface area contributed by atoms with E-state index in [4.69, 9.17) is 14.9 Å². The number of rotatable bonds is 3. The lowest BCUT2D eigenvalue weighted by Gasteiger charge is -2.20. The number of nitrogens with two attached hydrogens (primary N) is 1. The number of fused-ring (bicyclic) bond motifs is 1. The second kappa shape index (κ2) is 4.92. The van der Waals surface area contributed by atoms with E-state index in [1.54, 1.807) is 6.07 Å². The number of esters is 1. The maximum absolute atomic E-state index is 11.7. The molecule has 0 bridgehead atoms. The predicted octanol–water partition coefficient (Wildman–Crippen LogP) is 2.21. The summed E-state index contributed by atoms with van der Waals surface area (Å²) in [6, 6.07) is 7.56. The average molecular weight is 272 g/mol. The van der Waals surface area contributed by atoms with Crippen molar-refractivity contribution in [3.8, 4) is 0 Å². The minimum atomic E-state index is -0.380. The fourth-order valence-corrected chi connectivity index (χ4v) is 2.65. The number of furan rings is 1. The van der Waals surface area contributed by atoms with Crippen molar-refractivity contribution in [3.05, 3.63) is 47.4 Å². The molecule has 1 aromatic carbocycles. The molecule has 2 aromatic rings. The summed E-state index contributed by atoms with van der Waals surface area (Å²) in [5.74, 6) is 0.224. The molecular formula is C15H16N2O3. The van der Waals surface area contributed by atoms with Crippen molar-refractivity contribution >= 4 is 17.3 Å². The molecule has 5 heteroatoms. The van der Waals surface area contributed by atoms with Gasteiger partial charge in [0, 0.05) is 6.54 Å². The topological polar surface area (TPSA) is 68.7 Å². The summed E-state index contributed by atoms with van der Waals surface area (Å²) in [5, 5.41) is 0. The van der Waals surface area contributed by atoms with Crippen LogP contribution in [0.5, 0.6) is 0 Å². The summed E-state index contributed by atoms with van der Waals surface area (Å²) >= 11 is 0. The smallest absolute Gasteiger partial charge is 0.341 e. The van der Waals surface area contributed by atoms with Gasteiger partial charge in [-0.15, -0.1) is 0 Å². The molecule has 1 aromatic heterocycles. The van der Waals surface area contributed by atoms with Gasteiger partial charge in [0.05, 0.1) is 31.3 Å². The molecule has 104 valence electrons. The van der Waals surface area contributed by atoms with Crippen LogP contribution in [0.1, 0.15) is 21.7 Å². The third kappa shape index (κ3) is 2.01. The highest BCUT2D eigenvalue weighted by Gasteiger charge is 2.24. The van der Waals surface area contributed by atoms with E-state index in [1.165, 1.54) is 18.9 Å². The van der Waals surface area contributed by atoms with Gasteiger partial charge >= 0.3 is 5.97 Å². The number of hydrogen-bond acceptors (Lipinski definition) is 5. The predicted molar refractivity (Wildman–Crippen MR) is 75.7 cm³/mol. The summed E-state index contributed by atoms with van der Waals surface area (Å²) in [6.07, 6.45) is 2.46. The molecule has 2 heterocycles. The Bertz CT molecular complexity index is 648. The number of nitrogen functional groups attached to an aromatic ring is 1. The Morgan fingerprint density at radius 3 is 3.10 bits per heavy atom. The Kier molecular flexibility index (Phi) is 3.10. The molecule has 0 saturated heterocycles. The van der Waals surface area contributed by atoms with Crippen LogP contribution in [0.3, 0.4) is 0 Å². The van der Waals surface area contributed by atoms with E-state index in [0.29, 0.717) is 17.9 Å². The molecule has 0 spiro atoms. The third-order valence-electron chi connectivity index (χ3n) is 3.60. The zero-order chi connectivity index (χ0) is 14.1. The Balaban J connectivity index is 1.88. The number of benzene rings is 1. The Morgan fingerprint density at radius 2 is 2.30 bits per heavy atom. The van der Waals surface area contributed by atoms with Gasteiger partial charge in [0.1, 0.15) is 11.3 Å². The highest BCUT2D eigenvalue weighted by molar-refractivity contribution is 5.90. The van der Waals surface area contributed by atoms with Gasteiger partial charge in [0.25, 0.3) is 0 Å². The van der Waals surface area contributed by atoms with Crippen molar-refractivity contribution in [1.82, 2.24) is 0 Å². The van der Waals surface area contributed by atoms with Gasteiger partial charge < -0.3 is 19.8 Å². The first kappa shape index (κ1) is 12.6. The van der Waals surface area contributed by atoms with Gasteiger partial charge in [-0.1, -0.05) is 12.1 Å². The standard InChI is InChI=1S/C15H16N2O3/c1-19-15(18)11-6-8-20-13(11)9-17-7-5-10-3-2-4-12(16)14(10)17/h2-4,6,8H,5,7,9,16H2,1H3. The van der Waals surface area contributed by atoms with E-state index >= 15 is 0 Å². The lowest BCUT2D eigenvalue weighted by atomic mass is 10.1. The monoisotopic (exact) mass is 272 g/mol. The summed E-state index contributed by atoms with van der Waals surface area (Å²) in [6.45, 7) is 1.38. The Morgan fingerprint density at radius 1 is 1.45 bits per heavy atom. The van der Waals surface area contributed by atoms with Crippen molar-refractivity contribution in [2.75, 3.05) is 24.3 Å². The van der Waals surface area contributed by atoms with Crippen LogP contribution in [-0.4, -0.2) is 19.6 Å². The largest absolute Gasteiger partial charge is 0.467 e. The third-order valence-corrected chi connectivity index (χ3v) is 3.60. The molecule has 5 nitrogen and oxygen atoms in total. The number of nitrogens with zero attached hydrogens (tertiary/aromatic N) is 1. The molecule has 0 radical (unpaired) electrons. The molecule has 3 rings (SSSR count). The molecular weight excluding hydrogens is 256 g/mol. The van der Waals surface area contributed by atoms with Gasteiger partial charge in [-0.3, -0.25) is 0 Å². The van der Waals surface area contributed by atoms with Gasteiger partial charge in [-0.25, -0.2) is 4.79 Å². The highest BCUT2D eigenvalue weighted by Crippen LogP contribution is 2.35. The van der Waals surface area contributed by atoms with Gasteiger partial charge in [0.2, 0.25) is 0 Å². The van der Waals surface area contributed by atoms with E-state index in [2.05, 4.69) is 11.0 Å². The molecule has 0 saturated carbocycles. The van der Waals surface area contributed by atoms with Crippen LogP contribution in [0.2, 0.25) is 0 Å². The second-order valence-electron chi connectivity index (χ2n) is 4.78. The van der Waals surface area contributed by atoms with Crippen LogP contribution < -0.4 is 10.6 Å². The summed E-state index contributed by atoms with van der Waals surface area (Å²) < 4.78 is 10.2. The molecule has 0 unspecified atom stereocenters. The van der Waals surface area contributed by atoms with Crippen molar-refractivity contribution < 1.29 is 13.9 Å². The normalized spacial score (nSPS) is 13.3. The minimum absolute atomic E-state index is 0.380. The van der Waals surface area contributed by atoms with Crippen LogP contribution in [0.4, 0.5) is 11.4 Å². The minimum Gasteiger partial charge on any atom is -0.467 e. The molecule has 20 heavy (non-hydrogen) atoms. The van der Waals surface area contributed by atoms with E-state index < -0.39 is 0 Å². The van der Waals surface area contributed by atoms with Crippen molar-refractivity contribution in [3.63, 3.8) is 0 Å². The van der Waals surface area contributed by atoms with Crippen LogP contribution in [0.15, 0.2) is 34.9 Å². The molecule has 0 amide bonds. The summed E-state index contributed by atoms with van der Waals surface area (Å²) in [7, 11) is 1.36. The molecule has 0 aliphatic carbocycles. The molecule has 0 atom stereocenters. The molecule has 2 N–H and O–H groups in total. The van der Waals surface area contributed by atoms with Gasteiger partial charge in [0.15, 0.2) is 0 Å². The number of methoxy groups -OCH3 is 1. The fourth-order valence-electron chi connectivity index (χ4n) is 2.65. The SMILES string of the molecule is COC(=O)c1ccoc1CN1CCc2cccc(N)c21. The first-order chi connectivity index (χ1) is 9.70. The average Bonchev–Trinajstić information content (AvgIpc) is 3.07. The van der Waals surface area contributed by atoms with E-state index in [1.807, 2.05) is 12.1 Å². The van der Waals surface area contributed by atoms with Crippen LogP contribution in [-0.2, 0) is 17.7 Å². The number of carbonyl (C=O) groups is 1. The number of ether oxygens (including phenoxy) is 1. The summed E-state index contributed by atoms with van der Waals surface area (Å²) in [4.78, 5) is 13.8. The van der Waals surface area contributed by atoms with E-state index in [9.17, 15) is 4.79 Å². The second-order valence-corrected chi connectivity index (χ2v) is 4.78. The lowest BCUT2D eigenvalue weighted by Crippen LogP contribution is -2.21. The highest BCUT2D eigenvalue weighted by atomic mass is 16.5. The zero-order valence-corrected chi connectivity index (χ0v) is 11.3. The van der Waals surface area contributed by atoms with E-state index in [-0.39, 0.29) is 5.97 Å². The van der Waals surface area contributed by atoms with Crippen LogP contribution >= 0.6 is 0 Å².